The number of carboxylic acids is 1. The zero-order valence-corrected chi connectivity index (χ0v) is 11.6. The van der Waals surface area contributed by atoms with E-state index in [1.54, 1.807) is 4.68 Å². The van der Waals surface area contributed by atoms with Crippen LogP contribution in [0.4, 0.5) is 0 Å². The van der Waals surface area contributed by atoms with Gasteiger partial charge in [-0.05, 0) is 18.4 Å². The number of benzene rings is 1. The van der Waals surface area contributed by atoms with Gasteiger partial charge >= 0.3 is 5.97 Å². The van der Waals surface area contributed by atoms with Gasteiger partial charge in [0.15, 0.2) is 0 Å². The average molecular weight is 273 g/mol. The second kappa shape index (κ2) is 6.84. The lowest BCUT2D eigenvalue weighted by atomic mass is 9.96. The fraction of sp³-hybridized carbons (Fsp3) is 0.400. The molecule has 2 rings (SSSR count). The number of aliphatic carboxylic acids is 1. The Labute approximate surface area is 118 Å². The molecule has 0 saturated carbocycles. The molecule has 106 valence electrons. The quantitative estimate of drug-likeness (QED) is 0.839. The summed E-state index contributed by atoms with van der Waals surface area (Å²) in [4.78, 5) is 15.6. The van der Waals surface area contributed by atoms with Crippen LogP contribution in [0, 0.1) is 5.92 Å². The Morgan fingerprint density at radius 3 is 2.70 bits per heavy atom. The Balaban J connectivity index is 2.09. The van der Waals surface area contributed by atoms with Crippen LogP contribution in [-0.2, 0) is 24.2 Å². The lowest BCUT2D eigenvalue weighted by molar-refractivity contribution is -0.141. The van der Waals surface area contributed by atoms with Crippen molar-refractivity contribution in [1.29, 1.82) is 0 Å². The van der Waals surface area contributed by atoms with Crippen molar-refractivity contribution < 1.29 is 9.90 Å². The number of aryl methyl sites for hydroxylation is 1. The Hall–Kier alpha value is -2.17. The van der Waals surface area contributed by atoms with Gasteiger partial charge < -0.3 is 5.11 Å². The summed E-state index contributed by atoms with van der Waals surface area (Å²) in [5.41, 5.74) is 1.03. The highest BCUT2D eigenvalue weighted by Gasteiger charge is 2.21. The molecule has 1 unspecified atom stereocenters. The van der Waals surface area contributed by atoms with Crippen molar-refractivity contribution >= 4 is 5.97 Å². The van der Waals surface area contributed by atoms with E-state index in [4.69, 9.17) is 0 Å². The summed E-state index contributed by atoms with van der Waals surface area (Å²) in [7, 11) is 0. The largest absolute Gasteiger partial charge is 0.481 e. The normalized spacial score (nSPS) is 12.2. The monoisotopic (exact) mass is 273 g/mol. The van der Waals surface area contributed by atoms with Crippen molar-refractivity contribution in [2.75, 3.05) is 0 Å². The maximum atomic E-state index is 11.4. The molecule has 0 aliphatic heterocycles. The Bertz CT molecular complexity index is 551. The smallest absolute Gasteiger partial charge is 0.307 e. The van der Waals surface area contributed by atoms with E-state index in [1.165, 1.54) is 6.33 Å². The first-order valence-corrected chi connectivity index (χ1v) is 6.84. The van der Waals surface area contributed by atoms with E-state index < -0.39 is 11.9 Å². The summed E-state index contributed by atoms with van der Waals surface area (Å²) in [6, 6.07) is 9.68. The van der Waals surface area contributed by atoms with Crippen LogP contribution in [0.15, 0.2) is 36.7 Å². The van der Waals surface area contributed by atoms with E-state index in [-0.39, 0.29) is 0 Å². The van der Waals surface area contributed by atoms with Crippen LogP contribution in [0.2, 0.25) is 0 Å². The molecular weight excluding hydrogens is 254 g/mol. The lowest BCUT2D eigenvalue weighted by Crippen LogP contribution is -2.21. The van der Waals surface area contributed by atoms with Crippen molar-refractivity contribution in [3.05, 3.63) is 48.0 Å². The molecule has 1 aromatic carbocycles. The molecule has 0 aliphatic rings. The van der Waals surface area contributed by atoms with Crippen molar-refractivity contribution in [3.8, 4) is 0 Å². The van der Waals surface area contributed by atoms with Crippen LogP contribution in [0.1, 0.15) is 24.7 Å². The standard InChI is InChI=1S/C15H19N3O2/c1-2-8-18-14(16-11-17-18)10-13(15(19)20)9-12-6-4-3-5-7-12/h3-7,11,13H,2,8-10H2,1H3,(H,19,20). The molecule has 0 spiro atoms. The number of nitrogens with zero attached hydrogens (tertiary/aromatic N) is 3. The van der Waals surface area contributed by atoms with E-state index in [9.17, 15) is 9.90 Å². The molecule has 0 aliphatic carbocycles. The van der Waals surface area contributed by atoms with Gasteiger partial charge in [0.1, 0.15) is 12.2 Å². The van der Waals surface area contributed by atoms with Crippen LogP contribution in [0.3, 0.4) is 0 Å². The first-order chi connectivity index (χ1) is 9.70. The average Bonchev–Trinajstić information content (AvgIpc) is 2.87. The maximum absolute atomic E-state index is 11.4. The highest BCUT2D eigenvalue weighted by Crippen LogP contribution is 2.14. The summed E-state index contributed by atoms with van der Waals surface area (Å²) in [6.45, 7) is 2.83. The molecule has 0 amide bonds. The molecule has 5 heteroatoms. The van der Waals surface area contributed by atoms with Gasteiger partial charge in [-0.3, -0.25) is 9.48 Å². The molecule has 0 bridgehead atoms. The lowest BCUT2D eigenvalue weighted by Gasteiger charge is -2.12. The number of aromatic nitrogens is 3. The third-order valence-corrected chi connectivity index (χ3v) is 3.23. The van der Waals surface area contributed by atoms with Gasteiger partial charge in [0.25, 0.3) is 0 Å². The molecule has 0 radical (unpaired) electrons. The Morgan fingerprint density at radius 2 is 2.05 bits per heavy atom. The van der Waals surface area contributed by atoms with Gasteiger partial charge in [-0.2, -0.15) is 5.10 Å². The molecule has 20 heavy (non-hydrogen) atoms. The Kier molecular flexibility index (Phi) is 4.87. The van der Waals surface area contributed by atoms with Gasteiger partial charge in [0.2, 0.25) is 0 Å². The van der Waals surface area contributed by atoms with Crippen molar-refractivity contribution in [1.82, 2.24) is 14.8 Å². The fourth-order valence-electron chi connectivity index (χ4n) is 2.21. The van der Waals surface area contributed by atoms with Gasteiger partial charge in [-0.15, -0.1) is 0 Å². The highest BCUT2D eigenvalue weighted by molar-refractivity contribution is 5.70. The van der Waals surface area contributed by atoms with Crippen LogP contribution < -0.4 is 0 Å². The molecule has 5 nitrogen and oxygen atoms in total. The number of carbonyl (C=O) groups is 1. The SMILES string of the molecule is CCCn1ncnc1CC(Cc1ccccc1)C(=O)O. The zero-order valence-electron chi connectivity index (χ0n) is 11.6. The number of carboxylic acid groups (broad SMARTS) is 1. The molecule has 1 atom stereocenters. The van der Waals surface area contributed by atoms with Crippen LogP contribution in [0.25, 0.3) is 0 Å². The van der Waals surface area contributed by atoms with Crippen molar-refractivity contribution in [2.45, 2.75) is 32.7 Å². The van der Waals surface area contributed by atoms with Gasteiger partial charge in [-0.1, -0.05) is 37.3 Å². The Morgan fingerprint density at radius 1 is 1.30 bits per heavy atom. The topological polar surface area (TPSA) is 68.0 Å². The van der Waals surface area contributed by atoms with Crippen LogP contribution in [-0.4, -0.2) is 25.8 Å². The van der Waals surface area contributed by atoms with Crippen molar-refractivity contribution in [3.63, 3.8) is 0 Å². The van der Waals surface area contributed by atoms with Crippen molar-refractivity contribution in [2.24, 2.45) is 5.92 Å². The number of hydrogen-bond acceptors (Lipinski definition) is 3. The molecule has 0 fully saturated rings. The number of hydrogen-bond donors (Lipinski definition) is 1. The van der Waals surface area contributed by atoms with E-state index >= 15 is 0 Å². The predicted octanol–water partition coefficient (Wildman–Crippen LogP) is 2.17. The van der Waals surface area contributed by atoms with Gasteiger partial charge in [0, 0.05) is 13.0 Å². The summed E-state index contributed by atoms with van der Waals surface area (Å²) in [5, 5.41) is 13.5. The summed E-state index contributed by atoms with van der Waals surface area (Å²) >= 11 is 0. The number of rotatable bonds is 7. The maximum Gasteiger partial charge on any atom is 0.307 e. The van der Waals surface area contributed by atoms with Crippen LogP contribution in [0.5, 0.6) is 0 Å². The molecular formula is C15H19N3O2. The van der Waals surface area contributed by atoms with E-state index in [2.05, 4.69) is 17.0 Å². The van der Waals surface area contributed by atoms with E-state index in [0.717, 1.165) is 24.4 Å². The first kappa shape index (κ1) is 14.2. The second-order valence-corrected chi connectivity index (χ2v) is 4.83. The zero-order chi connectivity index (χ0) is 14.4. The minimum atomic E-state index is -0.792. The minimum absolute atomic E-state index is 0.407. The van der Waals surface area contributed by atoms with E-state index in [1.807, 2.05) is 30.3 Å². The molecule has 2 aromatic rings. The molecule has 1 N–H and O–H groups in total. The van der Waals surface area contributed by atoms with Gasteiger partial charge in [-0.25, -0.2) is 4.98 Å². The molecule has 0 saturated heterocycles. The van der Waals surface area contributed by atoms with Crippen LogP contribution >= 0.6 is 0 Å². The third kappa shape index (κ3) is 3.66. The summed E-state index contributed by atoms with van der Waals surface area (Å²) < 4.78 is 1.79. The first-order valence-electron chi connectivity index (χ1n) is 6.84. The third-order valence-electron chi connectivity index (χ3n) is 3.23. The minimum Gasteiger partial charge on any atom is -0.481 e. The highest BCUT2D eigenvalue weighted by atomic mass is 16.4. The van der Waals surface area contributed by atoms with Gasteiger partial charge in [0.05, 0.1) is 5.92 Å². The summed E-state index contributed by atoms with van der Waals surface area (Å²) in [5.74, 6) is -0.521. The second-order valence-electron chi connectivity index (χ2n) is 4.83. The van der Waals surface area contributed by atoms with E-state index in [0.29, 0.717) is 12.8 Å². The summed E-state index contributed by atoms with van der Waals surface area (Å²) in [6.07, 6.45) is 3.36. The fourth-order valence-corrected chi connectivity index (χ4v) is 2.21. The molecule has 1 heterocycles. The molecule has 1 aromatic heterocycles. The predicted molar refractivity (Wildman–Crippen MR) is 75.3 cm³/mol.